The number of phenolic OH excluding ortho intramolecular Hbond substituents is 1. The number of ether oxygens (including phenoxy) is 4. The Kier molecular flexibility index (Phi) is 11.6. The number of para-hydroxylation sites is 2. The second-order valence-electron chi connectivity index (χ2n) is 15.8. The predicted molar refractivity (Wildman–Crippen MR) is 219 cm³/mol. The highest BCUT2D eigenvalue weighted by Gasteiger charge is 2.50. The normalized spacial score (nSPS) is 31.0. The summed E-state index contributed by atoms with van der Waals surface area (Å²) in [6.45, 7) is 14.4. The van der Waals surface area contributed by atoms with Crippen LogP contribution in [0.15, 0.2) is 64.7 Å². The van der Waals surface area contributed by atoms with E-state index in [4.69, 9.17) is 23.9 Å². The van der Waals surface area contributed by atoms with Gasteiger partial charge in [-0.2, -0.15) is 0 Å². The molecule has 58 heavy (non-hydrogen) atoms. The Labute approximate surface area is 335 Å². The lowest BCUT2D eigenvalue weighted by Gasteiger charge is -2.38. The van der Waals surface area contributed by atoms with Crippen molar-refractivity contribution in [3.8, 4) is 11.5 Å². The molecule has 0 radical (unpaired) electrons. The van der Waals surface area contributed by atoms with Crippen molar-refractivity contribution in [3.05, 3.63) is 81.3 Å². The number of aromatic hydroxyl groups is 1. The number of rotatable bonds is 2. The fraction of sp³-hybridized carbons (Fsp3) is 0.432. The topological polar surface area (TPSA) is 207 Å². The number of phenols is 1. The molecule has 2 aliphatic heterocycles. The summed E-state index contributed by atoms with van der Waals surface area (Å²) in [7, 11) is 1.47. The van der Waals surface area contributed by atoms with Crippen LogP contribution in [0, 0.1) is 30.6 Å². The number of nitrogens with zero attached hydrogens (tertiary/aromatic N) is 1. The van der Waals surface area contributed by atoms with Crippen LogP contribution in [-0.4, -0.2) is 80.3 Å². The number of allylic oxidation sites excluding steroid dienone is 2. The van der Waals surface area contributed by atoms with Gasteiger partial charge in [0.2, 0.25) is 0 Å². The number of fused-ring (bicyclic) bond motifs is 2. The number of carbonyl (C=O) groups is 3. The van der Waals surface area contributed by atoms with E-state index in [9.17, 15) is 34.5 Å². The van der Waals surface area contributed by atoms with Crippen molar-refractivity contribution in [2.75, 3.05) is 12.4 Å². The van der Waals surface area contributed by atoms with E-state index >= 15 is 0 Å². The van der Waals surface area contributed by atoms with E-state index in [-0.39, 0.29) is 49.9 Å². The number of methoxy groups -OCH3 is 1. The molecule has 0 spiro atoms. The lowest BCUT2D eigenvalue weighted by Crippen LogP contribution is -2.47. The molecule has 4 aromatic rings. The van der Waals surface area contributed by atoms with Gasteiger partial charge in [-0.25, -0.2) is 4.98 Å². The maximum Gasteiger partial charge on any atom is 0.312 e. The maximum absolute atomic E-state index is 14.6. The summed E-state index contributed by atoms with van der Waals surface area (Å²) < 4.78 is 24.1. The molecule has 0 aliphatic carbocycles. The average Bonchev–Trinajstić information content (AvgIpc) is 3.46. The number of Topliss-reactive ketones (excluding diaryl/α,β-unsaturated/α-hetero) is 1. The number of H-pyrrole nitrogens is 1. The predicted octanol–water partition coefficient (Wildman–Crippen LogP) is 6.12. The second kappa shape index (κ2) is 16.0. The Balaban J connectivity index is 1.60. The number of aromatic amines is 1. The number of aliphatic hydroxyl groups is 2. The van der Waals surface area contributed by atoms with Gasteiger partial charge in [-0.3, -0.25) is 19.2 Å². The third-order valence-electron chi connectivity index (χ3n) is 11.7. The molecular formula is C44H51N3O11. The number of aliphatic hydroxyl groups excluding tert-OH is 2. The van der Waals surface area contributed by atoms with Crippen molar-refractivity contribution >= 4 is 56.2 Å². The van der Waals surface area contributed by atoms with Crippen LogP contribution in [0.3, 0.4) is 0 Å². The molecule has 3 aromatic carbocycles. The molecule has 0 fully saturated rings. The molecule has 0 saturated heterocycles. The third-order valence-corrected chi connectivity index (χ3v) is 11.7. The number of hydrogen-bond donors (Lipinski definition) is 5. The van der Waals surface area contributed by atoms with Crippen LogP contribution in [0.25, 0.3) is 32.8 Å². The highest BCUT2D eigenvalue weighted by atomic mass is 16.7. The lowest BCUT2D eigenvalue weighted by molar-refractivity contribution is -0.161. The summed E-state index contributed by atoms with van der Waals surface area (Å²) in [6.07, 6.45) is 2.33. The minimum absolute atomic E-state index is 0.0164. The van der Waals surface area contributed by atoms with Gasteiger partial charge in [-0.15, -0.1) is 0 Å². The summed E-state index contributed by atoms with van der Waals surface area (Å²) in [5.41, 5.74) is 1.22. The number of ketones is 1. The van der Waals surface area contributed by atoms with Gasteiger partial charge in [0.1, 0.15) is 17.5 Å². The Morgan fingerprint density at radius 1 is 0.966 bits per heavy atom. The zero-order chi connectivity index (χ0) is 42.5. The fourth-order valence-electron chi connectivity index (χ4n) is 8.23. The summed E-state index contributed by atoms with van der Waals surface area (Å²) in [4.78, 5) is 63.1. The van der Waals surface area contributed by atoms with Crippen molar-refractivity contribution in [2.45, 2.75) is 92.5 Å². The molecule has 4 bridgehead atoms. The zero-order valence-corrected chi connectivity index (χ0v) is 34.3. The molecule has 6 rings (SSSR count). The van der Waals surface area contributed by atoms with Gasteiger partial charge in [-0.1, -0.05) is 58.1 Å². The number of aromatic nitrogens is 2. The minimum atomic E-state index is -2.00. The Morgan fingerprint density at radius 3 is 2.33 bits per heavy atom. The third kappa shape index (κ3) is 7.24. The largest absolute Gasteiger partial charge is 0.505 e. The second-order valence-corrected chi connectivity index (χ2v) is 15.8. The molecule has 1 aromatic heterocycles. The van der Waals surface area contributed by atoms with Crippen LogP contribution in [0.4, 0.5) is 5.69 Å². The van der Waals surface area contributed by atoms with E-state index in [2.05, 4.69) is 10.3 Å². The fourth-order valence-corrected chi connectivity index (χ4v) is 8.23. The molecule has 1 amide bonds. The van der Waals surface area contributed by atoms with E-state index in [1.54, 1.807) is 78.0 Å². The molecule has 9 atom stereocenters. The number of nitrogens with one attached hydrogen (secondary N) is 2. The van der Waals surface area contributed by atoms with Crippen molar-refractivity contribution in [1.29, 1.82) is 0 Å². The first-order chi connectivity index (χ1) is 27.3. The van der Waals surface area contributed by atoms with Crippen molar-refractivity contribution < 1.29 is 48.7 Å². The van der Waals surface area contributed by atoms with Crippen LogP contribution >= 0.6 is 0 Å². The first-order valence-corrected chi connectivity index (χ1v) is 19.3. The quantitative estimate of drug-likeness (QED) is 0.0673. The van der Waals surface area contributed by atoms with E-state index in [1.807, 2.05) is 0 Å². The van der Waals surface area contributed by atoms with Gasteiger partial charge in [-0.05, 0) is 38.5 Å². The smallest absolute Gasteiger partial charge is 0.312 e. The Hall–Kier alpha value is -5.57. The number of carbonyl (C=O) groups excluding carboxylic acids is 3. The van der Waals surface area contributed by atoms with Gasteiger partial charge in [0.05, 0.1) is 57.6 Å². The SMILES string of the molecule is CO[C@H]1/C(C)=C/O[C@@]2(C)Oc3c(C)c(=O)c4c(O)c(c5[nH]c6ccccc6nc5c4c3C2=O)NC(=O)/C(C)=C\C=C\[C@H](C)[C@H](O)[C@@H](C)[C@@H](O)[C@@H](C)[C@H](OC(C)=O)[C@@H]1C. The van der Waals surface area contributed by atoms with Crippen LogP contribution in [0.1, 0.15) is 71.3 Å². The van der Waals surface area contributed by atoms with Crippen molar-refractivity contribution in [1.82, 2.24) is 9.97 Å². The number of amides is 1. The summed E-state index contributed by atoms with van der Waals surface area (Å²) in [5, 5.41) is 37.4. The van der Waals surface area contributed by atoms with Crippen molar-refractivity contribution in [2.24, 2.45) is 23.7 Å². The molecule has 308 valence electrons. The summed E-state index contributed by atoms with van der Waals surface area (Å²) in [6, 6.07) is 7.06. The molecule has 0 unspecified atom stereocenters. The summed E-state index contributed by atoms with van der Waals surface area (Å²) >= 11 is 0. The van der Waals surface area contributed by atoms with Gasteiger partial charge in [0.25, 0.3) is 11.7 Å². The molecule has 14 nitrogen and oxygen atoms in total. The van der Waals surface area contributed by atoms with E-state index < -0.39 is 82.7 Å². The van der Waals surface area contributed by atoms with Crippen molar-refractivity contribution in [3.63, 3.8) is 0 Å². The Morgan fingerprint density at radius 2 is 1.66 bits per heavy atom. The lowest BCUT2D eigenvalue weighted by atomic mass is 9.77. The van der Waals surface area contributed by atoms with Gasteiger partial charge >= 0.3 is 11.8 Å². The molecule has 0 saturated carbocycles. The van der Waals surface area contributed by atoms with Crippen LogP contribution in [-0.2, 0) is 23.8 Å². The van der Waals surface area contributed by atoms with E-state index in [0.29, 0.717) is 16.6 Å². The highest BCUT2D eigenvalue weighted by Crippen LogP contribution is 2.48. The number of benzene rings is 3. The number of anilines is 1. The van der Waals surface area contributed by atoms with Crippen LogP contribution < -0.4 is 15.5 Å². The van der Waals surface area contributed by atoms with Gasteiger partial charge in [0, 0.05) is 61.2 Å². The molecule has 5 N–H and O–H groups in total. The molecule has 2 aliphatic rings. The van der Waals surface area contributed by atoms with E-state index in [1.165, 1.54) is 40.2 Å². The number of hydrogen-bond acceptors (Lipinski definition) is 12. The van der Waals surface area contributed by atoms with Crippen LogP contribution in [0.2, 0.25) is 0 Å². The Bertz CT molecular complexity index is 2490. The standard InChI is InChI=1S/C44H51N3O11/c1-19-14-13-15-20(2)43(54)47-34-33-32(45-27-16-11-12-17-28(27)46-33)29-30(38(34)52)37(51)24(6)41-31(29)42(53)44(9,58-41)56-18-21(3)39(55-10)25(7)40(57-26(8)48)23(5)36(50)22(4)35(19)49/h11-19,22-23,25,35-36,39-40,46,49-50,52H,1-10H3,(H,47,54)/b14-13+,20-15-,21-18+/t19-,22+,23+,25+,35-,36+,39-,40-,44-/m0/s1. The minimum Gasteiger partial charge on any atom is -0.505 e. The molecule has 3 heterocycles. The zero-order valence-electron chi connectivity index (χ0n) is 34.3. The number of esters is 1. The van der Waals surface area contributed by atoms with Crippen LogP contribution in [0.5, 0.6) is 11.5 Å². The highest BCUT2D eigenvalue weighted by molar-refractivity contribution is 6.27. The monoisotopic (exact) mass is 797 g/mol. The molecule has 14 heteroatoms. The molecular weight excluding hydrogens is 746 g/mol. The van der Waals surface area contributed by atoms with Gasteiger partial charge in [0.15, 0.2) is 11.2 Å². The van der Waals surface area contributed by atoms with Gasteiger partial charge < -0.3 is 44.6 Å². The van der Waals surface area contributed by atoms with E-state index in [0.717, 1.165) is 0 Å². The maximum atomic E-state index is 14.6. The first kappa shape index (κ1) is 42.0. The summed E-state index contributed by atoms with van der Waals surface area (Å²) in [5.74, 6) is -6.90. The average molecular weight is 798 g/mol. The first-order valence-electron chi connectivity index (χ1n) is 19.3.